The van der Waals surface area contributed by atoms with E-state index >= 15 is 0 Å². The molecule has 1 N–H and O–H groups in total. The van der Waals surface area contributed by atoms with E-state index in [-0.39, 0.29) is 17.4 Å². The van der Waals surface area contributed by atoms with Crippen molar-refractivity contribution in [1.82, 2.24) is 5.32 Å². The Morgan fingerprint density at radius 3 is 2.47 bits per heavy atom. The van der Waals surface area contributed by atoms with Gasteiger partial charge in [-0.3, -0.25) is 4.79 Å². The fourth-order valence-electron chi connectivity index (χ4n) is 2.12. The number of rotatable bonds is 1. The minimum Gasteiger partial charge on any atom is -0.353 e. The molecule has 0 aliphatic carbocycles. The van der Waals surface area contributed by atoms with Crippen LogP contribution in [0.15, 0.2) is 28.7 Å². The summed E-state index contributed by atoms with van der Waals surface area (Å²) in [4.78, 5) is 11.4. The van der Waals surface area contributed by atoms with Crippen LogP contribution in [0.5, 0.6) is 0 Å². The standard InChI is InChI=1S/C12H14BrNO/c1-8-12(2,7-11(15)14-8)9-3-5-10(13)6-4-9/h3-6,8H,7H2,1-2H3,(H,14,15). The quantitative estimate of drug-likeness (QED) is 0.833. The van der Waals surface area contributed by atoms with Gasteiger partial charge in [-0.2, -0.15) is 0 Å². The van der Waals surface area contributed by atoms with E-state index in [4.69, 9.17) is 0 Å². The van der Waals surface area contributed by atoms with Crippen molar-refractivity contribution in [2.24, 2.45) is 0 Å². The molecule has 0 bridgehead atoms. The summed E-state index contributed by atoms with van der Waals surface area (Å²) in [6, 6.07) is 8.42. The van der Waals surface area contributed by atoms with Gasteiger partial charge in [-0.05, 0) is 24.6 Å². The summed E-state index contributed by atoms with van der Waals surface area (Å²) >= 11 is 3.42. The molecule has 80 valence electrons. The molecular formula is C12H14BrNO. The molecule has 0 radical (unpaired) electrons. The Morgan fingerprint density at radius 2 is 2.00 bits per heavy atom. The number of benzene rings is 1. The van der Waals surface area contributed by atoms with Crippen LogP contribution >= 0.6 is 15.9 Å². The minimum absolute atomic E-state index is 0.0716. The number of halogens is 1. The monoisotopic (exact) mass is 267 g/mol. The highest BCUT2D eigenvalue weighted by Gasteiger charge is 2.41. The predicted octanol–water partition coefficient (Wildman–Crippen LogP) is 2.62. The number of hydrogen-bond donors (Lipinski definition) is 1. The van der Waals surface area contributed by atoms with Crippen molar-refractivity contribution >= 4 is 21.8 Å². The van der Waals surface area contributed by atoms with Crippen LogP contribution in [-0.4, -0.2) is 11.9 Å². The largest absolute Gasteiger partial charge is 0.353 e. The van der Waals surface area contributed by atoms with E-state index in [2.05, 4.69) is 47.2 Å². The number of amides is 1. The molecule has 1 heterocycles. The van der Waals surface area contributed by atoms with Crippen molar-refractivity contribution in [2.45, 2.75) is 31.7 Å². The van der Waals surface area contributed by atoms with Gasteiger partial charge in [-0.15, -0.1) is 0 Å². The maximum atomic E-state index is 11.4. The van der Waals surface area contributed by atoms with Crippen molar-refractivity contribution < 1.29 is 4.79 Å². The van der Waals surface area contributed by atoms with E-state index in [1.165, 1.54) is 5.56 Å². The molecule has 1 amide bonds. The Bertz CT molecular complexity index is 387. The van der Waals surface area contributed by atoms with E-state index in [1.807, 2.05) is 12.1 Å². The lowest BCUT2D eigenvalue weighted by Crippen LogP contribution is -2.35. The summed E-state index contributed by atoms with van der Waals surface area (Å²) in [5.41, 5.74) is 1.15. The lowest BCUT2D eigenvalue weighted by atomic mass is 9.77. The Hall–Kier alpha value is -0.830. The number of carbonyl (C=O) groups excluding carboxylic acids is 1. The van der Waals surface area contributed by atoms with Gasteiger partial charge in [0.2, 0.25) is 5.91 Å². The van der Waals surface area contributed by atoms with Gasteiger partial charge in [0.25, 0.3) is 0 Å². The first kappa shape index (κ1) is 10.7. The third kappa shape index (κ3) is 1.81. The van der Waals surface area contributed by atoms with Gasteiger partial charge >= 0.3 is 0 Å². The van der Waals surface area contributed by atoms with Crippen LogP contribution < -0.4 is 5.32 Å². The van der Waals surface area contributed by atoms with Crippen LogP contribution in [0.3, 0.4) is 0 Å². The highest BCUT2D eigenvalue weighted by molar-refractivity contribution is 9.10. The van der Waals surface area contributed by atoms with Gasteiger partial charge in [0.05, 0.1) is 0 Å². The minimum atomic E-state index is -0.0716. The molecule has 1 fully saturated rings. The highest BCUT2D eigenvalue weighted by Crippen LogP contribution is 2.35. The molecule has 1 aromatic rings. The summed E-state index contributed by atoms with van der Waals surface area (Å²) in [6.07, 6.45) is 0.579. The van der Waals surface area contributed by atoms with E-state index in [1.54, 1.807) is 0 Å². The molecule has 2 unspecified atom stereocenters. The average Bonchev–Trinajstić information content (AvgIpc) is 2.42. The first-order valence-corrected chi connectivity index (χ1v) is 5.87. The van der Waals surface area contributed by atoms with Crippen LogP contribution in [0.1, 0.15) is 25.8 Å². The zero-order chi connectivity index (χ0) is 11.1. The zero-order valence-electron chi connectivity index (χ0n) is 8.88. The third-order valence-corrected chi connectivity index (χ3v) is 3.89. The number of carbonyl (C=O) groups is 1. The number of hydrogen-bond acceptors (Lipinski definition) is 1. The van der Waals surface area contributed by atoms with Crippen LogP contribution in [0, 0.1) is 0 Å². The lowest BCUT2D eigenvalue weighted by Gasteiger charge is -2.28. The van der Waals surface area contributed by atoms with Crippen molar-refractivity contribution in [1.29, 1.82) is 0 Å². The molecule has 0 aromatic heterocycles. The second-order valence-corrected chi connectivity index (χ2v) is 5.31. The molecule has 2 atom stereocenters. The second-order valence-electron chi connectivity index (χ2n) is 4.39. The summed E-state index contributed by atoms with van der Waals surface area (Å²) < 4.78 is 1.07. The zero-order valence-corrected chi connectivity index (χ0v) is 10.5. The number of nitrogens with one attached hydrogen (secondary N) is 1. The summed E-state index contributed by atoms with van der Waals surface area (Å²) in [6.45, 7) is 4.20. The molecule has 2 rings (SSSR count). The van der Waals surface area contributed by atoms with Crippen LogP contribution in [0.2, 0.25) is 0 Å². The van der Waals surface area contributed by atoms with Gasteiger partial charge in [0.15, 0.2) is 0 Å². The molecule has 1 aromatic carbocycles. The Labute approximate surface area is 98.2 Å². The topological polar surface area (TPSA) is 29.1 Å². The fraction of sp³-hybridized carbons (Fsp3) is 0.417. The first-order valence-electron chi connectivity index (χ1n) is 5.08. The summed E-state index contributed by atoms with van der Waals surface area (Å²) in [7, 11) is 0. The summed E-state index contributed by atoms with van der Waals surface area (Å²) in [5, 5.41) is 2.97. The van der Waals surface area contributed by atoms with Gasteiger partial charge in [-0.1, -0.05) is 35.0 Å². The normalized spacial score (nSPS) is 30.3. The van der Waals surface area contributed by atoms with Crippen molar-refractivity contribution in [3.63, 3.8) is 0 Å². The smallest absolute Gasteiger partial charge is 0.221 e. The van der Waals surface area contributed by atoms with Crippen molar-refractivity contribution in [3.8, 4) is 0 Å². The van der Waals surface area contributed by atoms with E-state index in [0.717, 1.165) is 4.47 Å². The van der Waals surface area contributed by atoms with Crippen LogP contribution in [-0.2, 0) is 10.2 Å². The van der Waals surface area contributed by atoms with Crippen molar-refractivity contribution in [2.75, 3.05) is 0 Å². The lowest BCUT2D eigenvalue weighted by molar-refractivity contribution is -0.119. The average molecular weight is 268 g/mol. The fourth-order valence-corrected chi connectivity index (χ4v) is 2.39. The molecular weight excluding hydrogens is 254 g/mol. The van der Waals surface area contributed by atoms with Gasteiger partial charge in [0.1, 0.15) is 0 Å². The van der Waals surface area contributed by atoms with Gasteiger partial charge in [-0.25, -0.2) is 0 Å². The van der Waals surface area contributed by atoms with Gasteiger partial charge in [0, 0.05) is 22.4 Å². The second kappa shape index (κ2) is 3.63. The maximum absolute atomic E-state index is 11.4. The molecule has 3 heteroatoms. The molecule has 0 saturated carbocycles. The Balaban J connectivity index is 2.37. The van der Waals surface area contributed by atoms with E-state index in [0.29, 0.717) is 6.42 Å². The van der Waals surface area contributed by atoms with Gasteiger partial charge < -0.3 is 5.32 Å². The third-order valence-electron chi connectivity index (χ3n) is 3.36. The SMILES string of the molecule is CC1NC(=O)CC1(C)c1ccc(Br)cc1. The molecule has 2 nitrogen and oxygen atoms in total. The Kier molecular flexibility index (Phi) is 2.59. The Morgan fingerprint density at radius 1 is 1.40 bits per heavy atom. The molecule has 1 saturated heterocycles. The van der Waals surface area contributed by atoms with E-state index < -0.39 is 0 Å². The molecule has 15 heavy (non-hydrogen) atoms. The van der Waals surface area contributed by atoms with E-state index in [9.17, 15) is 4.79 Å². The van der Waals surface area contributed by atoms with Crippen LogP contribution in [0.25, 0.3) is 0 Å². The maximum Gasteiger partial charge on any atom is 0.221 e. The molecule has 1 aliphatic heterocycles. The van der Waals surface area contributed by atoms with Crippen molar-refractivity contribution in [3.05, 3.63) is 34.3 Å². The predicted molar refractivity (Wildman–Crippen MR) is 63.7 cm³/mol. The first-order chi connectivity index (χ1) is 7.02. The summed E-state index contributed by atoms with van der Waals surface area (Å²) in [5.74, 6) is 0.146. The molecule has 1 aliphatic rings. The van der Waals surface area contributed by atoms with Crippen LogP contribution in [0.4, 0.5) is 0 Å². The molecule has 0 spiro atoms. The highest BCUT2D eigenvalue weighted by atomic mass is 79.9.